The molecule has 0 fully saturated rings. The summed E-state index contributed by atoms with van der Waals surface area (Å²) in [7, 11) is 0. The number of nitrogens with one attached hydrogen (secondary N) is 1. The molecule has 2 rings (SSSR count). The average Bonchev–Trinajstić information content (AvgIpc) is 2.81. The average molecular weight is 357 g/mol. The van der Waals surface area contributed by atoms with E-state index in [0.717, 1.165) is 15.9 Å². The van der Waals surface area contributed by atoms with Gasteiger partial charge in [-0.1, -0.05) is 30.3 Å². The molecule has 0 aliphatic heterocycles. The third-order valence-electron chi connectivity index (χ3n) is 2.74. The second-order valence-corrected chi connectivity index (χ2v) is 5.22. The predicted octanol–water partition coefficient (Wildman–Crippen LogP) is 2.58. The van der Waals surface area contributed by atoms with Crippen molar-refractivity contribution < 1.29 is 9.52 Å². The van der Waals surface area contributed by atoms with Crippen LogP contribution in [0.25, 0.3) is 0 Å². The van der Waals surface area contributed by atoms with Gasteiger partial charge in [0.05, 0.1) is 13.2 Å². The van der Waals surface area contributed by atoms with Crippen molar-refractivity contribution in [3.05, 3.63) is 57.6 Å². The Kier molecular flexibility index (Phi) is 5.22. The summed E-state index contributed by atoms with van der Waals surface area (Å²) in [6, 6.07) is 14.1. The maximum absolute atomic E-state index is 9.38. The van der Waals surface area contributed by atoms with E-state index in [2.05, 4.69) is 40.0 Å². The highest BCUT2D eigenvalue weighted by atomic mass is 127. The van der Waals surface area contributed by atoms with Gasteiger partial charge >= 0.3 is 0 Å². The first-order chi connectivity index (χ1) is 8.78. The number of aliphatic hydroxyl groups is 1. The van der Waals surface area contributed by atoms with Crippen LogP contribution in [0.3, 0.4) is 0 Å². The fourth-order valence-electron chi connectivity index (χ4n) is 1.79. The number of rotatable bonds is 6. The molecule has 1 atom stereocenters. The molecule has 0 saturated heterocycles. The van der Waals surface area contributed by atoms with Crippen molar-refractivity contribution >= 4 is 22.6 Å². The van der Waals surface area contributed by atoms with E-state index in [9.17, 15) is 5.11 Å². The first-order valence-electron chi connectivity index (χ1n) is 5.90. The van der Waals surface area contributed by atoms with Crippen molar-refractivity contribution in [2.75, 3.05) is 6.61 Å². The van der Waals surface area contributed by atoms with E-state index in [1.54, 1.807) is 0 Å². The molecule has 0 spiro atoms. The Bertz CT molecular complexity index is 470. The molecular formula is C14H16INO2. The second kappa shape index (κ2) is 6.92. The van der Waals surface area contributed by atoms with Gasteiger partial charge in [-0.15, -0.1) is 0 Å². The van der Waals surface area contributed by atoms with Crippen LogP contribution in [-0.4, -0.2) is 17.8 Å². The summed E-state index contributed by atoms with van der Waals surface area (Å²) < 4.78 is 6.35. The molecule has 0 radical (unpaired) electrons. The minimum absolute atomic E-state index is 0.0511. The lowest BCUT2D eigenvalue weighted by molar-refractivity contribution is 0.238. The highest BCUT2D eigenvalue weighted by molar-refractivity contribution is 14.1. The Morgan fingerprint density at radius 1 is 1.17 bits per heavy atom. The van der Waals surface area contributed by atoms with Crippen LogP contribution in [0.2, 0.25) is 0 Å². The van der Waals surface area contributed by atoms with Crippen LogP contribution in [0.1, 0.15) is 11.3 Å². The number of hydrogen-bond donors (Lipinski definition) is 2. The fourth-order valence-corrected chi connectivity index (χ4v) is 2.25. The van der Waals surface area contributed by atoms with E-state index >= 15 is 0 Å². The molecule has 96 valence electrons. The van der Waals surface area contributed by atoms with Crippen molar-refractivity contribution in [2.24, 2.45) is 0 Å². The number of hydrogen-bond acceptors (Lipinski definition) is 3. The van der Waals surface area contributed by atoms with Crippen molar-refractivity contribution in [1.82, 2.24) is 5.32 Å². The monoisotopic (exact) mass is 357 g/mol. The maximum Gasteiger partial charge on any atom is 0.164 e. The van der Waals surface area contributed by atoms with Gasteiger partial charge in [0, 0.05) is 6.04 Å². The van der Waals surface area contributed by atoms with Crippen LogP contribution in [0.4, 0.5) is 0 Å². The minimum Gasteiger partial charge on any atom is -0.454 e. The Morgan fingerprint density at radius 2 is 1.94 bits per heavy atom. The lowest BCUT2D eigenvalue weighted by atomic mass is 10.1. The Balaban J connectivity index is 1.86. The van der Waals surface area contributed by atoms with Crippen molar-refractivity contribution in [3.63, 3.8) is 0 Å². The molecule has 0 bridgehead atoms. The van der Waals surface area contributed by atoms with Crippen LogP contribution >= 0.6 is 22.6 Å². The van der Waals surface area contributed by atoms with Gasteiger partial charge in [0.2, 0.25) is 0 Å². The quantitative estimate of drug-likeness (QED) is 0.782. The lowest BCUT2D eigenvalue weighted by Gasteiger charge is -2.15. The van der Waals surface area contributed by atoms with Gasteiger partial charge < -0.3 is 14.8 Å². The van der Waals surface area contributed by atoms with Crippen LogP contribution < -0.4 is 5.32 Å². The highest BCUT2D eigenvalue weighted by Gasteiger charge is 2.09. The van der Waals surface area contributed by atoms with Crippen LogP contribution in [0, 0.1) is 3.77 Å². The Labute approximate surface area is 120 Å². The number of aliphatic hydroxyl groups excluding tert-OH is 1. The molecule has 2 aromatic rings. The third kappa shape index (κ3) is 4.12. The van der Waals surface area contributed by atoms with Gasteiger partial charge in [-0.05, 0) is 46.7 Å². The maximum atomic E-state index is 9.38. The number of benzene rings is 1. The molecule has 3 nitrogen and oxygen atoms in total. The van der Waals surface area contributed by atoms with E-state index < -0.39 is 0 Å². The zero-order chi connectivity index (χ0) is 12.8. The number of halogens is 1. The van der Waals surface area contributed by atoms with E-state index in [-0.39, 0.29) is 12.6 Å². The summed E-state index contributed by atoms with van der Waals surface area (Å²) in [5.41, 5.74) is 1.22. The predicted molar refractivity (Wildman–Crippen MR) is 79.3 cm³/mol. The molecule has 1 heterocycles. The summed E-state index contributed by atoms with van der Waals surface area (Å²) in [5, 5.41) is 12.7. The van der Waals surface area contributed by atoms with E-state index in [1.807, 2.05) is 30.3 Å². The van der Waals surface area contributed by atoms with E-state index in [0.29, 0.717) is 6.54 Å². The molecule has 0 saturated carbocycles. The molecule has 0 aliphatic carbocycles. The largest absolute Gasteiger partial charge is 0.454 e. The van der Waals surface area contributed by atoms with Gasteiger partial charge in [-0.2, -0.15) is 0 Å². The standard InChI is InChI=1S/C14H16INO2/c15-14-7-6-13(18-14)9-16-12(10-17)8-11-4-2-1-3-5-11/h1-7,12,16-17H,8-10H2/t12-/m0/s1. The second-order valence-electron chi connectivity index (χ2n) is 4.16. The number of furan rings is 1. The van der Waals surface area contributed by atoms with Crippen LogP contribution in [-0.2, 0) is 13.0 Å². The Morgan fingerprint density at radius 3 is 2.56 bits per heavy atom. The molecular weight excluding hydrogens is 341 g/mol. The molecule has 18 heavy (non-hydrogen) atoms. The molecule has 0 unspecified atom stereocenters. The van der Waals surface area contributed by atoms with E-state index in [4.69, 9.17) is 4.42 Å². The molecule has 0 amide bonds. The summed E-state index contributed by atoms with van der Waals surface area (Å²) >= 11 is 2.14. The SMILES string of the molecule is OC[C@H](Cc1ccccc1)NCc1ccc(I)o1. The first-order valence-corrected chi connectivity index (χ1v) is 6.98. The van der Waals surface area contributed by atoms with Gasteiger partial charge in [0.25, 0.3) is 0 Å². The van der Waals surface area contributed by atoms with Crippen molar-refractivity contribution in [2.45, 2.75) is 19.0 Å². The topological polar surface area (TPSA) is 45.4 Å². The molecule has 0 aliphatic rings. The third-order valence-corrected chi connectivity index (χ3v) is 3.32. The highest BCUT2D eigenvalue weighted by Crippen LogP contribution is 2.10. The summed E-state index contributed by atoms with van der Waals surface area (Å²) in [6.45, 7) is 0.758. The van der Waals surface area contributed by atoms with E-state index in [1.165, 1.54) is 5.56 Å². The Hall–Kier alpha value is -0.850. The lowest BCUT2D eigenvalue weighted by Crippen LogP contribution is -2.33. The summed E-state index contributed by atoms with van der Waals surface area (Å²) in [6.07, 6.45) is 0.815. The zero-order valence-electron chi connectivity index (χ0n) is 9.97. The normalized spacial score (nSPS) is 12.6. The van der Waals surface area contributed by atoms with Gasteiger partial charge in [0.15, 0.2) is 3.77 Å². The summed E-state index contributed by atoms with van der Waals surface area (Å²) in [5.74, 6) is 0.894. The summed E-state index contributed by atoms with van der Waals surface area (Å²) in [4.78, 5) is 0. The van der Waals surface area contributed by atoms with Crippen LogP contribution in [0.5, 0.6) is 0 Å². The molecule has 1 aromatic carbocycles. The minimum atomic E-state index is 0.0511. The van der Waals surface area contributed by atoms with Crippen molar-refractivity contribution in [1.29, 1.82) is 0 Å². The van der Waals surface area contributed by atoms with Crippen molar-refractivity contribution in [3.8, 4) is 0 Å². The fraction of sp³-hybridized carbons (Fsp3) is 0.286. The zero-order valence-corrected chi connectivity index (χ0v) is 12.1. The smallest absolute Gasteiger partial charge is 0.164 e. The van der Waals surface area contributed by atoms with Gasteiger partial charge in [-0.25, -0.2) is 0 Å². The molecule has 2 N–H and O–H groups in total. The molecule has 4 heteroatoms. The first kappa shape index (κ1) is 13.6. The van der Waals surface area contributed by atoms with Gasteiger partial charge in [0.1, 0.15) is 5.76 Å². The molecule has 1 aromatic heterocycles. The van der Waals surface area contributed by atoms with Crippen LogP contribution in [0.15, 0.2) is 46.9 Å². The van der Waals surface area contributed by atoms with Gasteiger partial charge in [-0.3, -0.25) is 0 Å².